The summed E-state index contributed by atoms with van der Waals surface area (Å²) in [6.45, 7) is 26.4. The van der Waals surface area contributed by atoms with E-state index in [1.807, 2.05) is 6.07 Å². The fourth-order valence-corrected chi connectivity index (χ4v) is 12.8. The number of nitrogens with zero attached hydrogens (tertiary/aromatic N) is 4. The van der Waals surface area contributed by atoms with E-state index in [-0.39, 0.29) is 50.6 Å². The maximum absolute atomic E-state index is 12.5. The highest BCUT2D eigenvalue weighted by Gasteiger charge is 2.72. The number of hydrogen-bond acceptors (Lipinski definition) is 8. The van der Waals surface area contributed by atoms with Gasteiger partial charge in [-0.15, -0.1) is 0 Å². The van der Waals surface area contributed by atoms with Gasteiger partial charge in [0, 0.05) is 45.2 Å². The molecule has 11 heteroatoms. The first-order chi connectivity index (χ1) is 25.6. The molecule has 0 unspecified atom stereocenters. The third kappa shape index (κ3) is 5.95. The highest BCUT2D eigenvalue weighted by molar-refractivity contribution is 6.33. The summed E-state index contributed by atoms with van der Waals surface area (Å²) in [7, 11) is 0. The van der Waals surface area contributed by atoms with Crippen LogP contribution in [0.4, 0.5) is 4.79 Å². The monoisotopic (exact) mass is 779 g/mol. The normalized spacial score (nSPS) is 40.3. The smallest absolute Gasteiger partial charge is 0.450 e. The van der Waals surface area contributed by atoms with E-state index in [1.54, 1.807) is 18.7 Å². The fraction of sp³-hybridized carbons (Fsp3) is 0.773. The predicted octanol–water partition coefficient (Wildman–Crippen LogP) is 9.63. The van der Waals surface area contributed by atoms with Crippen molar-refractivity contribution < 1.29 is 24.1 Å². The van der Waals surface area contributed by atoms with E-state index in [4.69, 9.17) is 41.6 Å². The van der Waals surface area contributed by atoms with Crippen molar-refractivity contribution in [1.82, 2.24) is 19.7 Å². The zero-order valence-electron chi connectivity index (χ0n) is 35.1. The van der Waals surface area contributed by atoms with Crippen molar-refractivity contribution in [3.8, 4) is 11.4 Å². The molecule has 1 aliphatic heterocycles. The first kappa shape index (κ1) is 40.7. The van der Waals surface area contributed by atoms with Crippen molar-refractivity contribution in [2.24, 2.45) is 61.9 Å². The number of nitrogens with two attached hydrogens (primary N) is 1. The molecule has 0 radical (unpaired) electrons. The number of hydrogen-bond donors (Lipinski definition) is 2. The molecule has 1 saturated heterocycles. The van der Waals surface area contributed by atoms with Crippen LogP contribution >= 0.6 is 11.6 Å². The first-order valence-corrected chi connectivity index (χ1v) is 21.0. The summed E-state index contributed by atoms with van der Waals surface area (Å²) in [6.07, 6.45) is 11.2. The molecule has 0 amide bonds. The van der Waals surface area contributed by atoms with Gasteiger partial charge in [-0.05, 0) is 86.0 Å². The van der Waals surface area contributed by atoms with Crippen molar-refractivity contribution >= 4 is 17.8 Å². The van der Waals surface area contributed by atoms with Crippen molar-refractivity contribution in [3.05, 3.63) is 41.5 Å². The minimum atomic E-state index is -1.18. The lowest BCUT2D eigenvalue weighted by Gasteiger charge is -2.71. The SMILES string of the molecule is CC(C)[C@@H](C)[C@@]1(C)CC[C@]2(C)[C@H]3CC[C@@H]4[C@@]5(COC[C@@]4(C)[C@@H](OC[C@](C)(N)C(C)(C)C)[C@H](n4ncnc4-c4ccncc4Cl)C5)C3=CC[C@]2(C)[C@@H]1OC(=O)O. The molecule has 304 valence electrons. The highest BCUT2D eigenvalue weighted by Crippen LogP contribution is 2.74. The number of rotatable bonds is 8. The second kappa shape index (κ2) is 13.5. The quantitative estimate of drug-likeness (QED) is 0.198. The number of carboxylic acid groups (broad SMARTS) is 1. The maximum Gasteiger partial charge on any atom is 0.506 e. The number of allylic oxidation sites excluding steroid dienone is 1. The summed E-state index contributed by atoms with van der Waals surface area (Å²) in [4.78, 5) is 21.6. The van der Waals surface area contributed by atoms with Crippen molar-refractivity contribution in [2.75, 3.05) is 19.8 Å². The van der Waals surface area contributed by atoms with Crippen molar-refractivity contribution in [3.63, 3.8) is 0 Å². The van der Waals surface area contributed by atoms with E-state index in [0.717, 1.165) is 44.1 Å². The van der Waals surface area contributed by atoms with E-state index in [9.17, 15) is 9.90 Å². The maximum atomic E-state index is 12.5. The third-order valence-corrected chi connectivity index (χ3v) is 17.4. The van der Waals surface area contributed by atoms with Crippen LogP contribution in [0.15, 0.2) is 36.4 Å². The van der Waals surface area contributed by atoms with Gasteiger partial charge in [-0.3, -0.25) is 4.98 Å². The zero-order valence-corrected chi connectivity index (χ0v) is 35.9. The number of ether oxygens (including phenoxy) is 3. The highest BCUT2D eigenvalue weighted by atomic mass is 35.5. The topological polar surface area (TPSA) is 135 Å². The first-order valence-electron chi connectivity index (χ1n) is 20.7. The molecule has 12 atom stereocenters. The molecule has 55 heavy (non-hydrogen) atoms. The lowest BCUT2D eigenvalue weighted by molar-refractivity contribution is -0.257. The average molecular weight is 780 g/mol. The second-order valence-corrected chi connectivity index (χ2v) is 21.3. The second-order valence-electron chi connectivity index (χ2n) is 20.9. The molecule has 4 aliphatic carbocycles. The number of pyridine rings is 1. The minimum Gasteiger partial charge on any atom is -0.450 e. The molecular weight excluding hydrogens is 714 g/mol. The van der Waals surface area contributed by atoms with Gasteiger partial charge in [-0.25, -0.2) is 14.5 Å². The van der Waals surface area contributed by atoms with Crippen LogP contribution in [0.25, 0.3) is 11.4 Å². The zero-order chi connectivity index (χ0) is 40.1. The molecule has 2 aromatic heterocycles. The molecule has 2 aromatic rings. The van der Waals surface area contributed by atoms with Gasteiger partial charge < -0.3 is 25.1 Å². The van der Waals surface area contributed by atoms with E-state index in [1.165, 1.54) is 5.57 Å². The van der Waals surface area contributed by atoms with Gasteiger partial charge in [0.05, 0.1) is 37.0 Å². The molecule has 3 saturated carbocycles. The molecule has 4 fully saturated rings. The third-order valence-electron chi connectivity index (χ3n) is 17.1. The summed E-state index contributed by atoms with van der Waals surface area (Å²) >= 11 is 6.78. The van der Waals surface area contributed by atoms with Crippen LogP contribution in [0.2, 0.25) is 5.02 Å². The number of aromatic nitrogens is 4. The Morgan fingerprint density at radius 2 is 1.84 bits per heavy atom. The number of fused-ring (bicyclic) bond motifs is 3. The van der Waals surface area contributed by atoms with Crippen LogP contribution in [0, 0.1) is 56.2 Å². The molecule has 5 aliphatic rings. The molecular formula is C44H66ClN5O5. The van der Waals surface area contributed by atoms with E-state index in [2.05, 4.69) is 91.9 Å². The summed E-state index contributed by atoms with van der Waals surface area (Å²) < 4.78 is 22.2. The Morgan fingerprint density at radius 1 is 1.11 bits per heavy atom. The molecule has 10 nitrogen and oxygen atoms in total. The summed E-state index contributed by atoms with van der Waals surface area (Å²) in [6, 6.07) is 1.72. The molecule has 2 bridgehead atoms. The van der Waals surface area contributed by atoms with Crippen molar-refractivity contribution in [1.29, 1.82) is 0 Å². The molecule has 0 aromatic carbocycles. The van der Waals surface area contributed by atoms with Gasteiger partial charge in [0.15, 0.2) is 5.82 Å². The Kier molecular flexibility index (Phi) is 10.00. The predicted molar refractivity (Wildman–Crippen MR) is 214 cm³/mol. The summed E-state index contributed by atoms with van der Waals surface area (Å²) in [5.74, 6) is 1.95. The van der Waals surface area contributed by atoms with Crippen LogP contribution in [0.3, 0.4) is 0 Å². The van der Waals surface area contributed by atoms with Gasteiger partial charge in [0.1, 0.15) is 12.4 Å². The van der Waals surface area contributed by atoms with Gasteiger partial charge >= 0.3 is 6.16 Å². The van der Waals surface area contributed by atoms with Gasteiger partial charge in [0.2, 0.25) is 0 Å². The molecule has 0 spiro atoms. The summed E-state index contributed by atoms with van der Waals surface area (Å²) in [5.41, 5.74) is 7.03. The fourth-order valence-electron chi connectivity index (χ4n) is 12.6. The van der Waals surface area contributed by atoms with Crippen molar-refractivity contribution in [2.45, 2.75) is 138 Å². The molecule has 3 N–H and O–H groups in total. The van der Waals surface area contributed by atoms with Crippen LogP contribution in [-0.2, 0) is 14.2 Å². The van der Waals surface area contributed by atoms with Gasteiger partial charge in [-0.2, -0.15) is 5.10 Å². The Morgan fingerprint density at radius 3 is 2.49 bits per heavy atom. The Balaban J connectivity index is 1.36. The van der Waals surface area contributed by atoms with Crippen LogP contribution in [-0.4, -0.2) is 68.6 Å². The minimum absolute atomic E-state index is 0.180. The standard InChI is InChI=1S/C44H66ClN5O5/c1-26(2)27(3)39(7)17-18-41(9)29-12-13-33-40(8)22-53-24-44(33,30(29)14-16-42(41,10)36(39)55-37(51)52)20-32(34(40)54-23-43(11,46)38(4,5)6)50-35(48-25-49-50)28-15-19-47-21-31(28)45/h14-15,19,21,25-27,29,32-34,36H,12-13,16-18,20,22-24,46H2,1-11H3,(H,51,52)/t27-,29+,32-,33+,34+,36-,39-,40-,41-,42-,43+,44+/m1/s1. The van der Waals surface area contributed by atoms with E-state index >= 15 is 0 Å². The van der Waals surface area contributed by atoms with Crippen LogP contribution in [0.1, 0.15) is 121 Å². The van der Waals surface area contributed by atoms with Gasteiger partial charge in [0.25, 0.3) is 0 Å². The average Bonchev–Trinajstić information content (AvgIpc) is 3.59. The lowest BCUT2D eigenvalue weighted by Crippen LogP contribution is -2.70. The Labute approximate surface area is 333 Å². The molecule has 3 heterocycles. The lowest BCUT2D eigenvalue weighted by atomic mass is 9.35. The van der Waals surface area contributed by atoms with E-state index < -0.39 is 17.8 Å². The molecule has 7 rings (SSSR count). The Bertz CT molecular complexity index is 1820. The van der Waals surface area contributed by atoms with Crippen LogP contribution < -0.4 is 5.73 Å². The number of carbonyl (C=O) groups is 1. The van der Waals surface area contributed by atoms with E-state index in [0.29, 0.717) is 48.4 Å². The van der Waals surface area contributed by atoms with Gasteiger partial charge in [-0.1, -0.05) is 92.5 Å². The summed E-state index contributed by atoms with van der Waals surface area (Å²) in [5, 5.41) is 15.7. The Hall–Kier alpha value is -2.53. The number of halogens is 1. The van der Waals surface area contributed by atoms with Crippen LogP contribution in [0.5, 0.6) is 0 Å². The largest absolute Gasteiger partial charge is 0.506 e.